The number of carbonyl (C=O) groups is 2. The first kappa shape index (κ1) is 17.9. The van der Waals surface area contributed by atoms with E-state index in [-0.39, 0.29) is 12.3 Å². The summed E-state index contributed by atoms with van der Waals surface area (Å²) in [5.41, 5.74) is 5.93. The maximum Gasteiger partial charge on any atom is 0.286 e. The fourth-order valence-electron chi connectivity index (χ4n) is 2.08. The van der Waals surface area contributed by atoms with Gasteiger partial charge in [-0.2, -0.15) is 0 Å². The highest BCUT2D eigenvalue weighted by Gasteiger charge is 2.11. The SMILES string of the molecule is COc1ccc(OC)c(CCC(=O)NNC(=O)c2cc(Br)c[nH]2)c1. The molecule has 0 aliphatic rings. The number of hydrogen-bond donors (Lipinski definition) is 3. The van der Waals surface area contributed by atoms with Crippen molar-refractivity contribution in [3.8, 4) is 11.5 Å². The summed E-state index contributed by atoms with van der Waals surface area (Å²) in [5, 5.41) is 0. The average molecular weight is 396 g/mol. The lowest BCUT2D eigenvalue weighted by Gasteiger charge is -2.11. The smallest absolute Gasteiger partial charge is 0.286 e. The number of amides is 2. The molecule has 0 aliphatic heterocycles. The Morgan fingerprint density at radius 2 is 1.96 bits per heavy atom. The summed E-state index contributed by atoms with van der Waals surface area (Å²) in [6.45, 7) is 0. The van der Waals surface area contributed by atoms with Crippen LogP contribution in [0.5, 0.6) is 11.5 Å². The molecule has 8 heteroatoms. The second kappa shape index (κ2) is 8.39. The van der Waals surface area contributed by atoms with Crippen LogP contribution in [0.2, 0.25) is 0 Å². The van der Waals surface area contributed by atoms with E-state index in [4.69, 9.17) is 9.47 Å². The molecule has 7 nitrogen and oxygen atoms in total. The Morgan fingerprint density at radius 3 is 2.58 bits per heavy atom. The number of aromatic nitrogens is 1. The molecule has 0 unspecified atom stereocenters. The largest absolute Gasteiger partial charge is 0.497 e. The first-order chi connectivity index (χ1) is 11.5. The monoisotopic (exact) mass is 395 g/mol. The minimum Gasteiger partial charge on any atom is -0.497 e. The van der Waals surface area contributed by atoms with Crippen molar-refractivity contribution in [1.29, 1.82) is 0 Å². The van der Waals surface area contributed by atoms with Crippen LogP contribution >= 0.6 is 15.9 Å². The Hall–Kier alpha value is -2.48. The van der Waals surface area contributed by atoms with Gasteiger partial charge in [0.2, 0.25) is 5.91 Å². The molecule has 0 radical (unpaired) electrons. The van der Waals surface area contributed by atoms with Gasteiger partial charge in [-0.25, -0.2) is 0 Å². The minimum atomic E-state index is -0.423. The predicted molar refractivity (Wildman–Crippen MR) is 92.0 cm³/mol. The van der Waals surface area contributed by atoms with Gasteiger partial charge in [-0.05, 0) is 52.2 Å². The van der Waals surface area contributed by atoms with Crippen LogP contribution in [0.3, 0.4) is 0 Å². The van der Waals surface area contributed by atoms with Gasteiger partial charge < -0.3 is 14.5 Å². The number of hydrogen-bond acceptors (Lipinski definition) is 4. The van der Waals surface area contributed by atoms with Crippen LogP contribution in [0.1, 0.15) is 22.5 Å². The van der Waals surface area contributed by atoms with E-state index in [0.29, 0.717) is 23.6 Å². The van der Waals surface area contributed by atoms with Crippen molar-refractivity contribution < 1.29 is 19.1 Å². The van der Waals surface area contributed by atoms with Gasteiger partial charge in [0.25, 0.3) is 5.91 Å². The molecule has 2 amide bonds. The van der Waals surface area contributed by atoms with Gasteiger partial charge in [-0.15, -0.1) is 0 Å². The molecule has 0 saturated carbocycles. The van der Waals surface area contributed by atoms with Gasteiger partial charge in [0.05, 0.1) is 14.2 Å². The van der Waals surface area contributed by atoms with Gasteiger partial charge in [0.15, 0.2) is 0 Å². The normalized spacial score (nSPS) is 10.1. The first-order valence-corrected chi connectivity index (χ1v) is 7.96. The molecule has 1 aromatic carbocycles. The molecule has 0 fully saturated rings. The van der Waals surface area contributed by atoms with Crippen molar-refractivity contribution >= 4 is 27.7 Å². The summed E-state index contributed by atoms with van der Waals surface area (Å²) >= 11 is 3.24. The Morgan fingerprint density at radius 1 is 1.17 bits per heavy atom. The number of rotatable bonds is 6. The lowest BCUT2D eigenvalue weighted by atomic mass is 10.1. The third-order valence-corrected chi connectivity index (χ3v) is 3.77. The summed E-state index contributed by atoms with van der Waals surface area (Å²) in [4.78, 5) is 26.5. The molecular weight excluding hydrogens is 378 g/mol. The van der Waals surface area contributed by atoms with Gasteiger partial charge >= 0.3 is 0 Å². The number of ether oxygens (including phenoxy) is 2. The zero-order valence-electron chi connectivity index (χ0n) is 13.3. The minimum absolute atomic E-state index is 0.193. The predicted octanol–water partition coefficient (Wildman–Crippen LogP) is 2.19. The van der Waals surface area contributed by atoms with E-state index >= 15 is 0 Å². The molecule has 2 aromatic rings. The van der Waals surface area contributed by atoms with Crippen LogP contribution < -0.4 is 20.3 Å². The number of aromatic amines is 1. The highest BCUT2D eigenvalue weighted by atomic mass is 79.9. The fourth-order valence-corrected chi connectivity index (χ4v) is 2.42. The summed E-state index contributed by atoms with van der Waals surface area (Å²) < 4.78 is 11.2. The van der Waals surface area contributed by atoms with E-state index < -0.39 is 5.91 Å². The van der Waals surface area contributed by atoms with Crippen LogP contribution in [0.25, 0.3) is 0 Å². The molecule has 0 saturated heterocycles. The molecule has 0 atom stereocenters. The van der Waals surface area contributed by atoms with Gasteiger partial charge in [0, 0.05) is 17.1 Å². The number of methoxy groups -OCH3 is 2. The van der Waals surface area contributed by atoms with Crippen LogP contribution in [0.15, 0.2) is 34.9 Å². The Bertz CT molecular complexity index is 730. The Labute approximate surface area is 147 Å². The fraction of sp³-hybridized carbons (Fsp3) is 0.250. The van der Waals surface area contributed by atoms with Gasteiger partial charge in [-0.3, -0.25) is 20.4 Å². The number of aryl methyl sites for hydroxylation is 1. The van der Waals surface area contributed by atoms with E-state index in [1.165, 1.54) is 0 Å². The molecule has 0 spiro atoms. The lowest BCUT2D eigenvalue weighted by molar-refractivity contribution is -0.121. The summed E-state index contributed by atoms with van der Waals surface area (Å²) in [5.74, 6) is 0.646. The van der Waals surface area contributed by atoms with E-state index in [2.05, 4.69) is 31.8 Å². The highest BCUT2D eigenvalue weighted by Crippen LogP contribution is 2.25. The number of hydrazine groups is 1. The number of halogens is 1. The third-order valence-electron chi connectivity index (χ3n) is 3.32. The topological polar surface area (TPSA) is 92.4 Å². The van der Waals surface area contributed by atoms with Crippen molar-refractivity contribution in [2.24, 2.45) is 0 Å². The number of benzene rings is 1. The van der Waals surface area contributed by atoms with E-state index in [1.54, 1.807) is 38.6 Å². The van der Waals surface area contributed by atoms with E-state index in [9.17, 15) is 9.59 Å². The van der Waals surface area contributed by atoms with Crippen molar-refractivity contribution in [1.82, 2.24) is 15.8 Å². The van der Waals surface area contributed by atoms with Crippen molar-refractivity contribution in [2.75, 3.05) is 14.2 Å². The molecule has 24 heavy (non-hydrogen) atoms. The zero-order valence-corrected chi connectivity index (χ0v) is 14.9. The Kier molecular flexibility index (Phi) is 6.25. The standard InChI is InChI=1S/C16H18BrN3O4/c1-23-12-4-5-14(24-2)10(7-12)3-6-15(21)19-20-16(22)13-8-11(17)9-18-13/h4-5,7-9,18H,3,6H2,1-2H3,(H,19,21)(H,20,22). The summed E-state index contributed by atoms with van der Waals surface area (Å²) in [6, 6.07) is 7.01. The van der Waals surface area contributed by atoms with Crippen molar-refractivity contribution in [3.63, 3.8) is 0 Å². The molecule has 0 bridgehead atoms. The number of H-pyrrole nitrogens is 1. The lowest BCUT2D eigenvalue weighted by Crippen LogP contribution is -2.41. The van der Waals surface area contributed by atoms with Crippen molar-refractivity contribution in [2.45, 2.75) is 12.8 Å². The van der Waals surface area contributed by atoms with Gasteiger partial charge in [-0.1, -0.05) is 0 Å². The van der Waals surface area contributed by atoms with E-state index in [1.807, 2.05) is 6.07 Å². The van der Waals surface area contributed by atoms with Crippen molar-refractivity contribution in [3.05, 3.63) is 46.2 Å². The molecule has 1 heterocycles. The summed E-state index contributed by atoms with van der Waals surface area (Å²) in [6.07, 6.45) is 2.28. The molecular formula is C16H18BrN3O4. The molecule has 128 valence electrons. The highest BCUT2D eigenvalue weighted by molar-refractivity contribution is 9.10. The second-order valence-corrected chi connectivity index (χ2v) is 5.83. The van der Waals surface area contributed by atoms with Crippen LogP contribution in [-0.2, 0) is 11.2 Å². The maximum absolute atomic E-state index is 11.9. The quantitative estimate of drug-likeness (QED) is 0.653. The third kappa shape index (κ3) is 4.76. The average Bonchev–Trinajstić information content (AvgIpc) is 3.04. The molecule has 3 N–H and O–H groups in total. The number of carbonyl (C=O) groups excluding carboxylic acids is 2. The number of nitrogens with one attached hydrogen (secondary N) is 3. The van der Waals surface area contributed by atoms with E-state index in [0.717, 1.165) is 10.0 Å². The summed E-state index contributed by atoms with van der Waals surface area (Å²) in [7, 11) is 3.15. The van der Waals surface area contributed by atoms with Crippen LogP contribution in [-0.4, -0.2) is 31.0 Å². The van der Waals surface area contributed by atoms with Crippen LogP contribution in [0.4, 0.5) is 0 Å². The molecule has 2 rings (SSSR count). The first-order valence-electron chi connectivity index (χ1n) is 7.17. The second-order valence-electron chi connectivity index (χ2n) is 4.91. The van der Waals surface area contributed by atoms with Gasteiger partial charge in [0.1, 0.15) is 17.2 Å². The molecule has 1 aromatic heterocycles. The van der Waals surface area contributed by atoms with Crippen LogP contribution in [0, 0.1) is 0 Å². The Balaban J connectivity index is 1.86. The maximum atomic E-state index is 11.9. The molecule has 0 aliphatic carbocycles. The zero-order chi connectivity index (χ0) is 17.5.